The fraction of sp³-hybridized carbons (Fsp3) is 0.0714. The molecule has 0 aliphatic carbocycles. The molecule has 0 aliphatic heterocycles. The Balaban J connectivity index is 1.95. The van der Waals surface area contributed by atoms with Gasteiger partial charge in [0, 0.05) is 17.8 Å². The second-order valence-corrected chi connectivity index (χ2v) is 4.15. The van der Waals surface area contributed by atoms with Crippen LogP contribution in [0.15, 0.2) is 36.4 Å². The summed E-state index contributed by atoms with van der Waals surface area (Å²) in [5.41, 5.74) is 5.18. The monoisotopic (exact) mass is 296 g/mol. The van der Waals surface area contributed by atoms with Crippen LogP contribution in [0.25, 0.3) is 0 Å². The number of benzene rings is 2. The Bertz CT molecular complexity index is 660. The van der Waals surface area contributed by atoms with Crippen LogP contribution in [0, 0.1) is 17.5 Å². The van der Waals surface area contributed by atoms with Gasteiger partial charge in [0.2, 0.25) is 0 Å². The van der Waals surface area contributed by atoms with Crippen LogP contribution in [0.1, 0.15) is 0 Å². The lowest BCUT2D eigenvalue weighted by Crippen LogP contribution is -2.20. The maximum Gasteiger partial charge on any atom is 0.262 e. The van der Waals surface area contributed by atoms with Gasteiger partial charge in [-0.05, 0) is 24.3 Å². The minimum absolute atomic E-state index is 0.351. The molecule has 3 N–H and O–H groups in total. The molecule has 0 saturated carbocycles. The fourth-order valence-electron chi connectivity index (χ4n) is 1.53. The van der Waals surface area contributed by atoms with Gasteiger partial charge in [0.15, 0.2) is 18.2 Å². The number of nitrogen functional groups attached to an aromatic ring is 1. The molecule has 0 fully saturated rings. The highest BCUT2D eigenvalue weighted by molar-refractivity contribution is 5.91. The molecule has 21 heavy (non-hydrogen) atoms. The van der Waals surface area contributed by atoms with Crippen LogP contribution >= 0.6 is 0 Å². The van der Waals surface area contributed by atoms with Crippen molar-refractivity contribution in [2.24, 2.45) is 0 Å². The van der Waals surface area contributed by atoms with E-state index in [-0.39, 0.29) is 5.69 Å². The van der Waals surface area contributed by atoms with Crippen molar-refractivity contribution in [2.75, 3.05) is 17.7 Å². The number of nitrogens with one attached hydrogen (secondary N) is 1. The Morgan fingerprint density at radius 1 is 1.10 bits per heavy atom. The van der Waals surface area contributed by atoms with Gasteiger partial charge in [0.25, 0.3) is 5.91 Å². The maximum absolute atomic E-state index is 13.4. The van der Waals surface area contributed by atoms with E-state index in [4.69, 9.17) is 10.5 Å². The molecule has 2 aromatic carbocycles. The number of carbonyl (C=O) groups excluding carboxylic acids is 1. The van der Waals surface area contributed by atoms with Gasteiger partial charge in [-0.2, -0.15) is 0 Å². The number of hydrogen-bond donors (Lipinski definition) is 2. The highest BCUT2D eigenvalue weighted by Crippen LogP contribution is 2.22. The number of amides is 1. The third kappa shape index (κ3) is 3.88. The molecular formula is C14H11F3N2O2. The summed E-state index contributed by atoms with van der Waals surface area (Å²) in [5, 5.41) is 2.41. The van der Waals surface area contributed by atoms with Crippen LogP contribution < -0.4 is 15.8 Å². The third-order valence-electron chi connectivity index (χ3n) is 2.54. The van der Waals surface area contributed by atoms with Crippen molar-refractivity contribution in [1.82, 2.24) is 0 Å². The standard InChI is InChI=1S/C14H11F3N2O2/c15-8-1-3-9(4-2-8)19-14(20)7-21-13-6-10(16)12(18)5-11(13)17/h1-6H,7,18H2,(H,19,20). The fourth-order valence-corrected chi connectivity index (χ4v) is 1.53. The van der Waals surface area contributed by atoms with E-state index < -0.39 is 35.7 Å². The van der Waals surface area contributed by atoms with E-state index in [2.05, 4.69) is 5.32 Å². The molecule has 0 atom stereocenters. The number of nitrogens with two attached hydrogens (primary N) is 1. The smallest absolute Gasteiger partial charge is 0.262 e. The zero-order valence-electron chi connectivity index (χ0n) is 10.7. The molecular weight excluding hydrogens is 285 g/mol. The number of carbonyl (C=O) groups is 1. The second-order valence-electron chi connectivity index (χ2n) is 4.15. The van der Waals surface area contributed by atoms with Crippen molar-refractivity contribution >= 4 is 17.3 Å². The second kappa shape index (κ2) is 6.17. The predicted molar refractivity (Wildman–Crippen MR) is 71.3 cm³/mol. The molecule has 0 heterocycles. The molecule has 0 bridgehead atoms. The van der Waals surface area contributed by atoms with Crippen molar-refractivity contribution in [3.05, 3.63) is 53.8 Å². The van der Waals surface area contributed by atoms with E-state index in [0.29, 0.717) is 5.69 Å². The van der Waals surface area contributed by atoms with Crippen molar-refractivity contribution in [3.8, 4) is 5.75 Å². The van der Waals surface area contributed by atoms with E-state index in [1.54, 1.807) is 0 Å². The van der Waals surface area contributed by atoms with Crippen LogP contribution in [0.2, 0.25) is 0 Å². The van der Waals surface area contributed by atoms with Crippen molar-refractivity contribution in [3.63, 3.8) is 0 Å². The lowest BCUT2D eigenvalue weighted by atomic mass is 10.3. The number of anilines is 2. The topological polar surface area (TPSA) is 64.3 Å². The first kappa shape index (κ1) is 14.7. The average Bonchev–Trinajstić information content (AvgIpc) is 2.44. The number of hydrogen-bond acceptors (Lipinski definition) is 3. The van der Waals surface area contributed by atoms with Crippen LogP contribution in [0.4, 0.5) is 24.5 Å². The summed E-state index contributed by atoms with van der Waals surface area (Å²) in [6.07, 6.45) is 0. The van der Waals surface area contributed by atoms with Crippen LogP contribution in [-0.2, 0) is 4.79 Å². The third-order valence-corrected chi connectivity index (χ3v) is 2.54. The molecule has 2 aromatic rings. The summed E-state index contributed by atoms with van der Waals surface area (Å²) in [7, 11) is 0. The summed E-state index contributed by atoms with van der Waals surface area (Å²) < 4.78 is 44.1. The summed E-state index contributed by atoms with van der Waals surface area (Å²) in [4.78, 5) is 11.6. The Labute approximate surface area is 118 Å². The normalized spacial score (nSPS) is 10.2. The summed E-state index contributed by atoms with van der Waals surface area (Å²) in [6, 6.07) is 6.59. The first-order valence-electron chi connectivity index (χ1n) is 5.88. The van der Waals surface area contributed by atoms with Gasteiger partial charge in [-0.1, -0.05) is 0 Å². The molecule has 0 unspecified atom stereocenters. The molecule has 110 valence electrons. The molecule has 0 radical (unpaired) electrons. The Morgan fingerprint density at radius 3 is 2.43 bits per heavy atom. The molecule has 0 aromatic heterocycles. The van der Waals surface area contributed by atoms with Gasteiger partial charge >= 0.3 is 0 Å². The molecule has 2 rings (SSSR count). The average molecular weight is 296 g/mol. The van der Waals surface area contributed by atoms with E-state index in [9.17, 15) is 18.0 Å². The van der Waals surface area contributed by atoms with E-state index in [1.165, 1.54) is 24.3 Å². The minimum Gasteiger partial charge on any atom is -0.481 e. The first-order chi connectivity index (χ1) is 9.95. The quantitative estimate of drug-likeness (QED) is 0.853. The molecule has 4 nitrogen and oxygen atoms in total. The van der Waals surface area contributed by atoms with Gasteiger partial charge < -0.3 is 15.8 Å². The Morgan fingerprint density at radius 2 is 1.76 bits per heavy atom. The first-order valence-corrected chi connectivity index (χ1v) is 5.88. The largest absolute Gasteiger partial charge is 0.481 e. The highest BCUT2D eigenvalue weighted by Gasteiger charge is 2.11. The summed E-state index contributed by atoms with van der Waals surface area (Å²) in [6.45, 7) is -0.530. The molecule has 7 heteroatoms. The zero-order valence-corrected chi connectivity index (χ0v) is 10.7. The molecule has 0 saturated heterocycles. The van der Waals surface area contributed by atoms with Crippen LogP contribution in [0.3, 0.4) is 0 Å². The SMILES string of the molecule is Nc1cc(F)c(OCC(=O)Nc2ccc(F)cc2)cc1F. The van der Waals surface area contributed by atoms with Crippen molar-refractivity contribution in [2.45, 2.75) is 0 Å². The Hall–Kier alpha value is -2.70. The van der Waals surface area contributed by atoms with Gasteiger partial charge in [-0.15, -0.1) is 0 Å². The van der Waals surface area contributed by atoms with Crippen molar-refractivity contribution in [1.29, 1.82) is 0 Å². The van der Waals surface area contributed by atoms with Gasteiger partial charge in [-0.25, -0.2) is 13.2 Å². The summed E-state index contributed by atoms with van der Waals surface area (Å²) >= 11 is 0. The van der Waals surface area contributed by atoms with Crippen molar-refractivity contribution < 1.29 is 22.7 Å². The predicted octanol–water partition coefficient (Wildman–Crippen LogP) is 2.70. The van der Waals surface area contributed by atoms with Crippen LogP contribution in [0.5, 0.6) is 5.75 Å². The number of halogens is 3. The molecule has 0 aliphatic rings. The van der Waals surface area contributed by atoms with Gasteiger partial charge in [0.1, 0.15) is 11.6 Å². The van der Waals surface area contributed by atoms with Gasteiger partial charge in [0.05, 0.1) is 5.69 Å². The molecule has 0 spiro atoms. The van der Waals surface area contributed by atoms with E-state index in [0.717, 1.165) is 12.1 Å². The number of ether oxygens (including phenoxy) is 1. The zero-order chi connectivity index (χ0) is 15.4. The highest BCUT2D eigenvalue weighted by atomic mass is 19.1. The van der Waals surface area contributed by atoms with E-state index in [1.807, 2.05) is 0 Å². The minimum atomic E-state index is -0.872. The van der Waals surface area contributed by atoms with Crippen LogP contribution in [-0.4, -0.2) is 12.5 Å². The van der Waals surface area contributed by atoms with Gasteiger partial charge in [-0.3, -0.25) is 4.79 Å². The lowest BCUT2D eigenvalue weighted by Gasteiger charge is -2.09. The lowest BCUT2D eigenvalue weighted by molar-refractivity contribution is -0.118. The maximum atomic E-state index is 13.4. The van der Waals surface area contributed by atoms with E-state index >= 15 is 0 Å². The summed E-state index contributed by atoms with van der Waals surface area (Å²) in [5.74, 6) is -3.17. The Kier molecular flexibility index (Phi) is 4.32. The number of rotatable bonds is 4. The molecule has 1 amide bonds.